The van der Waals surface area contributed by atoms with E-state index in [-0.39, 0.29) is 0 Å². The summed E-state index contributed by atoms with van der Waals surface area (Å²) in [7, 11) is 0. The van der Waals surface area contributed by atoms with Crippen molar-refractivity contribution in [3.05, 3.63) is 28.8 Å². The van der Waals surface area contributed by atoms with Crippen molar-refractivity contribution in [1.29, 1.82) is 5.26 Å². The predicted octanol–water partition coefficient (Wildman–Crippen LogP) is 1.50. The molecular formula is C7H6ClN3. The number of rotatable bonds is 1. The maximum absolute atomic E-state index is 8.60. The van der Waals surface area contributed by atoms with E-state index in [1.54, 1.807) is 18.2 Å². The first kappa shape index (κ1) is 7.86. The van der Waals surface area contributed by atoms with E-state index in [0.717, 1.165) is 0 Å². The third-order valence-electron chi connectivity index (χ3n) is 1.28. The molecule has 0 atom stereocenters. The van der Waals surface area contributed by atoms with Crippen LogP contribution in [0.1, 0.15) is 5.56 Å². The molecule has 4 heteroatoms. The quantitative estimate of drug-likeness (QED) is 0.492. The number of anilines is 1. The van der Waals surface area contributed by atoms with Gasteiger partial charge in [-0.15, -0.1) is 0 Å². The van der Waals surface area contributed by atoms with E-state index in [1.165, 1.54) is 0 Å². The summed E-state index contributed by atoms with van der Waals surface area (Å²) >= 11 is 5.69. The average molecular weight is 168 g/mol. The Labute approximate surface area is 69.4 Å². The maximum atomic E-state index is 8.60. The number of nitrogen functional groups attached to an aromatic ring is 1. The highest BCUT2D eigenvalue weighted by Crippen LogP contribution is 2.21. The molecule has 0 spiro atoms. The van der Waals surface area contributed by atoms with Crippen molar-refractivity contribution in [2.45, 2.75) is 0 Å². The minimum Gasteiger partial charge on any atom is -0.323 e. The summed E-state index contributed by atoms with van der Waals surface area (Å²) in [4.78, 5) is 0. The van der Waals surface area contributed by atoms with Crippen molar-refractivity contribution in [3.8, 4) is 6.07 Å². The van der Waals surface area contributed by atoms with E-state index >= 15 is 0 Å². The molecule has 1 aromatic carbocycles. The molecule has 0 amide bonds. The zero-order valence-corrected chi connectivity index (χ0v) is 6.39. The third kappa shape index (κ3) is 1.43. The molecule has 0 saturated heterocycles. The van der Waals surface area contributed by atoms with Gasteiger partial charge in [0.2, 0.25) is 0 Å². The molecule has 0 aliphatic rings. The first-order valence-electron chi connectivity index (χ1n) is 2.95. The van der Waals surface area contributed by atoms with E-state index in [9.17, 15) is 0 Å². The largest absolute Gasteiger partial charge is 0.323 e. The summed E-state index contributed by atoms with van der Waals surface area (Å²) in [5.74, 6) is 5.14. The molecule has 11 heavy (non-hydrogen) atoms. The summed E-state index contributed by atoms with van der Waals surface area (Å²) in [5.41, 5.74) is 3.29. The van der Waals surface area contributed by atoms with Gasteiger partial charge in [0.15, 0.2) is 0 Å². The molecule has 0 radical (unpaired) electrons. The first-order valence-corrected chi connectivity index (χ1v) is 3.32. The number of hydrazine groups is 1. The molecule has 56 valence electrons. The van der Waals surface area contributed by atoms with E-state index in [0.29, 0.717) is 16.3 Å². The number of benzene rings is 1. The van der Waals surface area contributed by atoms with Crippen molar-refractivity contribution in [2.75, 3.05) is 5.43 Å². The number of nitriles is 1. The van der Waals surface area contributed by atoms with Crippen LogP contribution in [0.4, 0.5) is 5.69 Å². The van der Waals surface area contributed by atoms with Crippen molar-refractivity contribution >= 4 is 17.3 Å². The van der Waals surface area contributed by atoms with E-state index in [2.05, 4.69) is 5.43 Å². The number of nitrogens with two attached hydrogens (primary N) is 1. The second-order valence-corrected chi connectivity index (χ2v) is 2.33. The topological polar surface area (TPSA) is 61.8 Å². The molecule has 0 aliphatic heterocycles. The maximum Gasteiger partial charge on any atom is 0.103 e. The highest BCUT2D eigenvalue weighted by atomic mass is 35.5. The number of halogens is 1. The zero-order valence-electron chi connectivity index (χ0n) is 5.63. The standard InChI is InChI=1S/C7H6ClN3/c8-6-2-1-3-7(11-10)5(6)4-9/h1-3,11H,10H2. The lowest BCUT2D eigenvalue weighted by Crippen LogP contribution is -2.08. The summed E-state index contributed by atoms with van der Waals surface area (Å²) in [6.07, 6.45) is 0. The molecule has 3 N–H and O–H groups in total. The van der Waals surface area contributed by atoms with Gasteiger partial charge < -0.3 is 5.43 Å². The van der Waals surface area contributed by atoms with Crippen molar-refractivity contribution in [3.63, 3.8) is 0 Å². The molecule has 0 saturated carbocycles. The fourth-order valence-corrected chi connectivity index (χ4v) is 0.975. The summed E-state index contributed by atoms with van der Waals surface area (Å²) < 4.78 is 0. The average Bonchev–Trinajstić information content (AvgIpc) is 2.04. The second-order valence-electron chi connectivity index (χ2n) is 1.92. The summed E-state index contributed by atoms with van der Waals surface area (Å²) in [6, 6.07) is 6.99. The number of nitrogens with zero attached hydrogens (tertiary/aromatic N) is 1. The van der Waals surface area contributed by atoms with Gasteiger partial charge in [-0.2, -0.15) is 5.26 Å². The molecule has 0 heterocycles. The Morgan fingerprint density at radius 3 is 2.73 bits per heavy atom. The fourth-order valence-electron chi connectivity index (χ4n) is 0.758. The summed E-state index contributed by atoms with van der Waals surface area (Å²) in [5, 5.41) is 9.01. The van der Waals surface area contributed by atoms with Crippen molar-refractivity contribution in [1.82, 2.24) is 0 Å². The van der Waals surface area contributed by atoms with Gasteiger partial charge in [0.25, 0.3) is 0 Å². The SMILES string of the molecule is N#Cc1c(Cl)cccc1NN. The van der Waals surface area contributed by atoms with Gasteiger partial charge >= 0.3 is 0 Å². The van der Waals surface area contributed by atoms with Crippen LogP contribution in [0.5, 0.6) is 0 Å². The number of nitrogens with one attached hydrogen (secondary N) is 1. The van der Waals surface area contributed by atoms with Crippen LogP contribution in [0.15, 0.2) is 18.2 Å². The number of hydrogen-bond acceptors (Lipinski definition) is 3. The normalized spacial score (nSPS) is 8.82. The second kappa shape index (κ2) is 3.24. The van der Waals surface area contributed by atoms with Gasteiger partial charge in [-0.25, -0.2) is 0 Å². The van der Waals surface area contributed by atoms with Crippen molar-refractivity contribution < 1.29 is 0 Å². The fraction of sp³-hybridized carbons (Fsp3) is 0. The number of hydrogen-bond donors (Lipinski definition) is 2. The van der Waals surface area contributed by atoms with Gasteiger partial charge in [-0.3, -0.25) is 5.84 Å². The smallest absolute Gasteiger partial charge is 0.103 e. The molecule has 0 aromatic heterocycles. The van der Waals surface area contributed by atoms with Crippen LogP contribution in [-0.2, 0) is 0 Å². The Balaban J connectivity index is 3.27. The molecular weight excluding hydrogens is 162 g/mol. The lowest BCUT2D eigenvalue weighted by molar-refractivity contribution is 1.33. The van der Waals surface area contributed by atoms with Gasteiger partial charge in [0.05, 0.1) is 16.3 Å². The van der Waals surface area contributed by atoms with Gasteiger partial charge in [-0.1, -0.05) is 17.7 Å². The zero-order chi connectivity index (χ0) is 8.27. The Morgan fingerprint density at radius 2 is 2.27 bits per heavy atom. The van der Waals surface area contributed by atoms with Crippen LogP contribution >= 0.6 is 11.6 Å². The predicted molar refractivity (Wildman–Crippen MR) is 44.0 cm³/mol. The monoisotopic (exact) mass is 167 g/mol. The Morgan fingerprint density at radius 1 is 1.55 bits per heavy atom. The lowest BCUT2D eigenvalue weighted by atomic mass is 10.2. The molecule has 0 aliphatic carbocycles. The molecule has 0 unspecified atom stereocenters. The molecule has 3 nitrogen and oxygen atoms in total. The van der Waals surface area contributed by atoms with Gasteiger partial charge in [-0.05, 0) is 12.1 Å². The third-order valence-corrected chi connectivity index (χ3v) is 1.60. The van der Waals surface area contributed by atoms with Crippen LogP contribution in [0.3, 0.4) is 0 Å². The minimum absolute atomic E-state index is 0.372. The highest BCUT2D eigenvalue weighted by molar-refractivity contribution is 6.32. The van der Waals surface area contributed by atoms with Crippen molar-refractivity contribution in [2.24, 2.45) is 5.84 Å². The van der Waals surface area contributed by atoms with Crippen LogP contribution in [0, 0.1) is 11.3 Å². The van der Waals surface area contributed by atoms with Crippen LogP contribution in [-0.4, -0.2) is 0 Å². The first-order chi connectivity index (χ1) is 5.29. The molecule has 1 rings (SSSR count). The molecule has 1 aromatic rings. The highest BCUT2D eigenvalue weighted by Gasteiger charge is 2.02. The Kier molecular flexibility index (Phi) is 2.32. The Hall–Kier alpha value is -1.24. The Bertz CT molecular complexity index is 303. The van der Waals surface area contributed by atoms with Gasteiger partial charge in [0.1, 0.15) is 6.07 Å². The van der Waals surface area contributed by atoms with E-state index < -0.39 is 0 Å². The minimum atomic E-state index is 0.372. The van der Waals surface area contributed by atoms with Gasteiger partial charge in [0, 0.05) is 0 Å². The van der Waals surface area contributed by atoms with Crippen LogP contribution < -0.4 is 11.3 Å². The summed E-state index contributed by atoms with van der Waals surface area (Å²) in [6.45, 7) is 0. The van der Waals surface area contributed by atoms with Crippen LogP contribution in [0.25, 0.3) is 0 Å². The molecule has 0 bridgehead atoms. The van der Waals surface area contributed by atoms with E-state index in [4.69, 9.17) is 22.7 Å². The van der Waals surface area contributed by atoms with E-state index in [1.807, 2.05) is 6.07 Å². The van der Waals surface area contributed by atoms with Crippen LogP contribution in [0.2, 0.25) is 5.02 Å². The molecule has 0 fully saturated rings. The lowest BCUT2D eigenvalue weighted by Gasteiger charge is -2.02.